The van der Waals surface area contributed by atoms with Crippen LogP contribution in [0.5, 0.6) is 0 Å². The van der Waals surface area contributed by atoms with Gasteiger partial charge in [0.25, 0.3) is 0 Å². The average Bonchev–Trinajstić information content (AvgIpc) is 3.16. The fourth-order valence-electron chi connectivity index (χ4n) is 2.51. The Morgan fingerprint density at radius 1 is 0.880 bits per heavy atom. The topological polar surface area (TPSA) is 103 Å². The molecule has 124 valence electrons. The molecule has 7 nitrogen and oxygen atoms in total. The first-order valence-electron chi connectivity index (χ1n) is 7.42. The lowest BCUT2D eigenvalue weighted by Gasteiger charge is -2.22. The molecule has 4 aromatic rings. The van der Waals surface area contributed by atoms with Crippen LogP contribution in [0.3, 0.4) is 0 Å². The van der Waals surface area contributed by atoms with Crippen molar-refractivity contribution in [2.45, 2.75) is 4.90 Å². The molecule has 0 saturated carbocycles. The van der Waals surface area contributed by atoms with Crippen molar-refractivity contribution in [1.29, 1.82) is 0 Å². The summed E-state index contributed by atoms with van der Waals surface area (Å²) in [5.41, 5.74) is 0.930. The minimum Gasteiger partial charge on any atom is -0.573 e. The smallest absolute Gasteiger partial charge is 0.204 e. The van der Waals surface area contributed by atoms with Gasteiger partial charge >= 0.3 is 0 Å². The van der Waals surface area contributed by atoms with Crippen molar-refractivity contribution >= 4 is 26.5 Å². The number of aromatic amines is 1. The second-order valence-electron chi connectivity index (χ2n) is 5.36. The van der Waals surface area contributed by atoms with Crippen LogP contribution in [0.4, 0.5) is 5.69 Å². The number of rotatable bonds is 4. The van der Waals surface area contributed by atoms with Gasteiger partial charge < -0.3 is 4.72 Å². The summed E-state index contributed by atoms with van der Waals surface area (Å²) < 4.78 is 29.2. The summed E-state index contributed by atoms with van der Waals surface area (Å²) in [6.45, 7) is 0. The third kappa shape index (κ3) is 3.07. The molecule has 0 aliphatic carbocycles. The molecule has 1 aromatic heterocycles. The Morgan fingerprint density at radius 3 is 2.52 bits per heavy atom. The SMILES string of the molecule is O=S(=O)([N-]c1cccc(-c2nn[nH]n2)c1)c1ccc2ccccc2c1. The van der Waals surface area contributed by atoms with Gasteiger partial charge in [-0.15, -0.1) is 15.9 Å². The van der Waals surface area contributed by atoms with E-state index in [-0.39, 0.29) is 4.90 Å². The molecular formula is C17H12N5O2S-. The van der Waals surface area contributed by atoms with E-state index in [4.69, 9.17) is 0 Å². The molecule has 0 radical (unpaired) electrons. The van der Waals surface area contributed by atoms with Gasteiger partial charge in [-0.05, 0) is 28.1 Å². The van der Waals surface area contributed by atoms with Gasteiger partial charge in [0.05, 0.1) is 4.90 Å². The summed E-state index contributed by atoms with van der Waals surface area (Å²) in [5.74, 6) is 0.375. The predicted molar refractivity (Wildman–Crippen MR) is 93.8 cm³/mol. The first kappa shape index (κ1) is 15.3. The molecule has 0 fully saturated rings. The van der Waals surface area contributed by atoms with Crippen molar-refractivity contribution in [3.05, 3.63) is 71.5 Å². The Labute approximate surface area is 143 Å². The van der Waals surface area contributed by atoms with Gasteiger partial charge in [-0.3, -0.25) is 0 Å². The van der Waals surface area contributed by atoms with Gasteiger partial charge in [-0.1, -0.05) is 54.6 Å². The number of hydrogen-bond donors (Lipinski definition) is 1. The monoisotopic (exact) mass is 350 g/mol. The van der Waals surface area contributed by atoms with E-state index in [9.17, 15) is 8.42 Å². The van der Waals surface area contributed by atoms with Gasteiger partial charge in [-0.25, -0.2) is 8.42 Å². The van der Waals surface area contributed by atoms with Crippen molar-refractivity contribution in [3.63, 3.8) is 0 Å². The van der Waals surface area contributed by atoms with E-state index in [1.165, 1.54) is 0 Å². The van der Waals surface area contributed by atoms with Crippen molar-refractivity contribution in [1.82, 2.24) is 20.6 Å². The van der Waals surface area contributed by atoms with E-state index in [1.54, 1.807) is 42.5 Å². The molecule has 0 aliphatic heterocycles. The first-order chi connectivity index (χ1) is 12.1. The van der Waals surface area contributed by atoms with Crippen LogP contribution in [0.25, 0.3) is 26.9 Å². The number of benzene rings is 3. The van der Waals surface area contributed by atoms with Gasteiger partial charge in [-0.2, -0.15) is 5.21 Å². The van der Waals surface area contributed by atoms with E-state index < -0.39 is 10.0 Å². The van der Waals surface area contributed by atoms with Crippen LogP contribution in [0.15, 0.2) is 71.6 Å². The molecule has 0 spiro atoms. The highest BCUT2D eigenvalue weighted by Crippen LogP contribution is 2.31. The molecular weight excluding hydrogens is 338 g/mol. The summed E-state index contributed by atoms with van der Waals surface area (Å²) in [7, 11) is -3.83. The van der Waals surface area contributed by atoms with Gasteiger partial charge in [0, 0.05) is 5.56 Å². The second-order valence-corrected chi connectivity index (χ2v) is 6.97. The molecule has 1 N–H and O–H groups in total. The third-order valence-corrected chi connectivity index (χ3v) is 4.99. The van der Waals surface area contributed by atoms with Gasteiger partial charge in [0.1, 0.15) is 10.0 Å². The molecule has 4 rings (SSSR count). The Morgan fingerprint density at radius 2 is 1.72 bits per heavy atom. The number of aromatic nitrogens is 4. The molecule has 1 heterocycles. The number of fused-ring (bicyclic) bond motifs is 1. The molecule has 0 aliphatic rings. The first-order valence-corrected chi connectivity index (χ1v) is 8.86. The van der Waals surface area contributed by atoms with Crippen LogP contribution >= 0.6 is 0 Å². The van der Waals surface area contributed by atoms with Crippen molar-refractivity contribution in [2.75, 3.05) is 0 Å². The number of hydrogen-bond acceptors (Lipinski definition) is 5. The van der Waals surface area contributed by atoms with Crippen molar-refractivity contribution in [2.24, 2.45) is 0 Å². The number of nitrogens with zero attached hydrogens (tertiary/aromatic N) is 4. The van der Waals surface area contributed by atoms with Crippen molar-refractivity contribution < 1.29 is 8.42 Å². The Kier molecular flexibility index (Phi) is 3.66. The standard InChI is InChI=1S/C17H12N5O2S/c23-25(24,16-9-8-12-4-1-2-5-13(12)11-16)20-15-7-3-6-14(10-15)17-18-21-22-19-17/h1-11H,(H,18,19,21,22)/q-1. The zero-order valence-electron chi connectivity index (χ0n) is 12.9. The Balaban J connectivity index is 1.68. The molecule has 25 heavy (non-hydrogen) atoms. The highest BCUT2D eigenvalue weighted by atomic mass is 32.2. The van der Waals surface area contributed by atoms with Gasteiger partial charge in [0.2, 0.25) is 5.82 Å². The van der Waals surface area contributed by atoms with Crippen LogP contribution in [0.2, 0.25) is 0 Å². The van der Waals surface area contributed by atoms with Crippen molar-refractivity contribution in [3.8, 4) is 11.4 Å². The average molecular weight is 350 g/mol. The third-order valence-electron chi connectivity index (χ3n) is 3.69. The molecule has 0 unspecified atom stereocenters. The predicted octanol–water partition coefficient (Wildman–Crippen LogP) is 3.41. The number of sulfonamides is 1. The molecule has 0 amide bonds. The summed E-state index contributed by atoms with van der Waals surface area (Å²) in [4.78, 5) is 0.149. The van der Waals surface area contributed by atoms with Crippen LogP contribution in [-0.4, -0.2) is 29.0 Å². The molecule has 8 heteroatoms. The lowest BCUT2D eigenvalue weighted by atomic mass is 10.1. The van der Waals surface area contributed by atoms with Crippen LogP contribution in [0.1, 0.15) is 0 Å². The molecule has 0 bridgehead atoms. The van der Waals surface area contributed by atoms with E-state index in [2.05, 4.69) is 25.3 Å². The normalized spacial score (nSPS) is 11.5. The summed E-state index contributed by atoms with van der Waals surface area (Å²) in [6, 6.07) is 19.2. The minimum atomic E-state index is -3.83. The van der Waals surface area contributed by atoms with Crippen LogP contribution in [-0.2, 0) is 10.0 Å². The fraction of sp³-hybridized carbons (Fsp3) is 0. The number of H-pyrrole nitrogens is 1. The Bertz CT molecular complexity index is 1140. The number of nitrogens with one attached hydrogen (secondary N) is 1. The van der Waals surface area contributed by atoms with E-state index >= 15 is 0 Å². The molecule has 3 aromatic carbocycles. The fourth-order valence-corrected chi connectivity index (χ4v) is 3.52. The maximum Gasteiger partial charge on any atom is 0.204 e. The summed E-state index contributed by atoms with van der Waals surface area (Å²) in [6.07, 6.45) is 0. The van der Waals surface area contributed by atoms with Crippen LogP contribution in [0, 0.1) is 0 Å². The van der Waals surface area contributed by atoms with E-state index in [0.29, 0.717) is 17.1 Å². The molecule has 0 atom stereocenters. The quantitative estimate of drug-likeness (QED) is 0.607. The zero-order valence-corrected chi connectivity index (χ0v) is 13.7. The maximum absolute atomic E-state index is 12.6. The highest BCUT2D eigenvalue weighted by molar-refractivity contribution is 7.94. The van der Waals surface area contributed by atoms with E-state index in [0.717, 1.165) is 10.8 Å². The zero-order chi connectivity index (χ0) is 17.3. The largest absolute Gasteiger partial charge is 0.573 e. The lowest BCUT2D eigenvalue weighted by Crippen LogP contribution is -1.97. The summed E-state index contributed by atoms with van der Waals surface area (Å²) in [5, 5.41) is 15.4. The number of tetrazole rings is 1. The second kappa shape index (κ2) is 5.99. The maximum atomic E-state index is 12.6. The van der Waals surface area contributed by atoms with E-state index in [1.807, 2.05) is 24.3 Å². The Hall–Kier alpha value is -3.26. The minimum absolute atomic E-state index is 0.149. The highest BCUT2D eigenvalue weighted by Gasteiger charge is 2.07. The lowest BCUT2D eigenvalue weighted by molar-refractivity contribution is 0.603. The van der Waals surface area contributed by atoms with Crippen LogP contribution < -0.4 is 0 Å². The van der Waals surface area contributed by atoms with Gasteiger partial charge in [0.15, 0.2) is 0 Å². The summed E-state index contributed by atoms with van der Waals surface area (Å²) >= 11 is 0. The molecule has 0 saturated heterocycles.